The van der Waals surface area contributed by atoms with Crippen LogP contribution in [0, 0.1) is 0 Å². The molecule has 2 unspecified atom stereocenters. The first-order valence-electron chi connectivity index (χ1n) is 7.37. The lowest BCUT2D eigenvalue weighted by molar-refractivity contribution is 0.118. The average molecular weight is 224 g/mol. The van der Waals surface area contributed by atoms with Crippen LogP contribution in [0.5, 0.6) is 0 Å². The molecule has 0 radical (unpaired) electrons. The van der Waals surface area contributed by atoms with Crippen LogP contribution in [0.3, 0.4) is 0 Å². The lowest BCUT2D eigenvalue weighted by atomic mass is 9.93. The molecule has 0 amide bonds. The lowest BCUT2D eigenvalue weighted by Crippen LogP contribution is -2.49. The van der Waals surface area contributed by atoms with Crippen molar-refractivity contribution in [1.29, 1.82) is 0 Å². The van der Waals surface area contributed by atoms with E-state index in [9.17, 15) is 0 Å². The lowest BCUT2D eigenvalue weighted by Gasteiger charge is -2.40. The van der Waals surface area contributed by atoms with E-state index in [0.717, 1.165) is 12.1 Å². The second-order valence-corrected chi connectivity index (χ2v) is 5.57. The summed E-state index contributed by atoms with van der Waals surface area (Å²) in [5, 5.41) is 3.70. The molecule has 2 heterocycles. The van der Waals surface area contributed by atoms with Crippen LogP contribution in [0.1, 0.15) is 58.3 Å². The number of hydrogen-bond acceptors (Lipinski definition) is 2. The summed E-state index contributed by atoms with van der Waals surface area (Å²) < 4.78 is 0. The quantitative estimate of drug-likeness (QED) is 0.790. The molecule has 2 saturated heterocycles. The molecule has 2 heteroatoms. The fourth-order valence-electron chi connectivity index (χ4n) is 3.27. The Morgan fingerprint density at radius 1 is 1.19 bits per heavy atom. The van der Waals surface area contributed by atoms with Crippen LogP contribution >= 0.6 is 0 Å². The zero-order valence-corrected chi connectivity index (χ0v) is 10.9. The summed E-state index contributed by atoms with van der Waals surface area (Å²) in [4.78, 5) is 2.77. The summed E-state index contributed by atoms with van der Waals surface area (Å²) in [6, 6.07) is 1.70. The molecule has 2 aliphatic rings. The number of hydrogen-bond donors (Lipinski definition) is 1. The van der Waals surface area contributed by atoms with Gasteiger partial charge in [0.05, 0.1) is 0 Å². The molecule has 16 heavy (non-hydrogen) atoms. The normalized spacial score (nSPS) is 32.8. The Hall–Kier alpha value is -0.0800. The molecule has 2 fully saturated rings. The fraction of sp³-hybridized carbons (Fsp3) is 1.00. The predicted octanol–water partition coefficient (Wildman–Crippen LogP) is 2.78. The van der Waals surface area contributed by atoms with Gasteiger partial charge in [-0.25, -0.2) is 0 Å². The van der Waals surface area contributed by atoms with Gasteiger partial charge in [-0.3, -0.25) is 0 Å². The third-order valence-corrected chi connectivity index (χ3v) is 4.28. The Kier molecular flexibility index (Phi) is 5.11. The van der Waals surface area contributed by atoms with Crippen LogP contribution in [-0.2, 0) is 0 Å². The van der Waals surface area contributed by atoms with Crippen molar-refractivity contribution in [2.24, 2.45) is 0 Å². The van der Waals surface area contributed by atoms with Gasteiger partial charge in [0.2, 0.25) is 0 Å². The van der Waals surface area contributed by atoms with Crippen molar-refractivity contribution < 1.29 is 0 Å². The maximum atomic E-state index is 3.70. The Balaban J connectivity index is 1.76. The SMILES string of the molecule is CCCCC1CC(N2CCCCC2)CCN1. The molecule has 2 atom stereocenters. The minimum absolute atomic E-state index is 0.806. The molecule has 1 N–H and O–H groups in total. The van der Waals surface area contributed by atoms with Gasteiger partial charge >= 0.3 is 0 Å². The van der Waals surface area contributed by atoms with E-state index in [-0.39, 0.29) is 0 Å². The minimum Gasteiger partial charge on any atom is -0.314 e. The Morgan fingerprint density at radius 2 is 2.00 bits per heavy atom. The van der Waals surface area contributed by atoms with Crippen LogP contribution in [0.25, 0.3) is 0 Å². The first kappa shape index (κ1) is 12.4. The zero-order valence-electron chi connectivity index (χ0n) is 10.9. The van der Waals surface area contributed by atoms with Crippen LogP contribution in [0.15, 0.2) is 0 Å². The molecule has 2 aliphatic heterocycles. The van der Waals surface area contributed by atoms with Gasteiger partial charge in [0.15, 0.2) is 0 Å². The summed E-state index contributed by atoms with van der Waals surface area (Å²) in [5.74, 6) is 0. The molecule has 0 aromatic heterocycles. The highest BCUT2D eigenvalue weighted by atomic mass is 15.2. The van der Waals surface area contributed by atoms with E-state index in [1.807, 2.05) is 0 Å². The van der Waals surface area contributed by atoms with E-state index in [0.29, 0.717) is 0 Å². The van der Waals surface area contributed by atoms with Crippen LogP contribution in [0.4, 0.5) is 0 Å². The maximum Gasteiger partial charge on any atom is 0.0122 e. The van der Waals surface area contributed by atoms with Crippen molar-refractivity contribution in [2.45, 2.75) is 70.4 Å². The molecule has 0 spiro atoms. The number of nitrogens with one attached hydrogen (secondary N) is 1. The summed E-state index contributed by atoms with van der Waals surface area (Å²) in [6.07, 6.45) is 11.2. The van der Waals surface area contributed by atoms with Crippen molar-refractivity contribution in [1.82, 2.24) is 10.2 Å². The molecule has 0 bridgehead atoms. The van der Waals surface area contributed by atoms with E-state index in [1.54, 1.807) is 0 Å². The minimum atomic E-state index is 0.806. The van der Waals surface area contributed by atoms with Gasteiger partial charge in [0, 0.05) is 12.1 Å². The van der Waals surface area contributed by atoms with Crippen molar-refractivity contribution in [3.8, 4) is 0 Å². The van der Waals surface area contributed by atoms with Gasteiger partial charge < -0.3 is 10.2 Å². The second-order valence-electron chi connectivity index (χ2n) is 5.57. The van der Waals surface area contributed by atoms with Crippen molar-refractivity contribution in [3.05, 3.63) is 0 Å². The largest absolute Gasteiger partial charge is 0.314 e. The average Bonchev–Trinajstić information content (AvgIpc) is 2.38. The third-order valence-electron chi connectivity index (χ3n) is 4.28. The Labute approximate surface area is 101 Å². The highest BCUT2D eigenvalue weighted by molar-refractivity contribution is 4.85. The number of unbranched alkanes of at least 4 members (excludes halogenated alkanes) is 1. The van der Waals surface area contributed by atoms with E-state index in [2.05, 4.69) is 17.1 Å². The monoisotopic (exact) mass is 224 g/mol. The first-order valence-corrected chi connectivity index (χ1v) is 7.37. The fourth-order valence-corrected chi connectivity index (χ4v) is 3.27. The number of likely N-dealkylation sites (tertiary alicyclic amines) is 1. The number of piperidine rings is 2. The summed E-state index contributed by atoms with van der Waals surface area (Å²) in [5.41, 5.74) is 0. The molecular formula is C14H28N2. The summed E-state index contributed by atoms with van der Waals surface area (Å²) in [6.45, 7) is 6.27. The van der Waals surface area contributed by atoms with Crippen molar-refractivity contribution >= 4 is 0 Å². The Morgan fingerprint density at radius 3 is 2.75 bits per heavy atom. The third kappa shape index (κ3) is 3.46. The van der Waals surface area contributed by atoms with Crippen LogP contribution in [-0.4, -0.2) is 36.6 Å². The molecule has 94 valence electrons. The Bertz CT molecular complexity index is 187. The molecule has 0 aliphatic carbocycles. The van der Waals surface area contributed by atoms with Gasteiger partial charge in [0.1, 0.15) is 0 Å². The highest BCUT2D eigenvalue weighted by Gasteiger charge is 2.26. The van der Waals surface area contributed by atoms with E-state index < -0.39 is 0 Å². The molecule has 0 aromatic carbocycles. The highest BCUT2D eigenvalue weighted by Crippen LogP contribution is 2.22. The summed E-state index contributed by atoms with van der Waals surface area (Å²) >= 11 is 0. The van der Waals surface area contributed by atoms with E-state index in [4.69, 9.17) is 0 Å². The van der Waals surface area contributed by atoms with Gasteiger partial charge in [-0.05, 0) is 51.7 Å². The smallest absolute Gasteiger partial charge is 0.0122 e. The molecule has 0 saturated carbocycles. The molecule has 0 aromatic rings. The van der Waals surface area contributed by atoms with E-state index >= 15 is 0 Å². The van der Waals surface area contributed by atoms with Crippen molar-refractivity contribution in [2.75, 3.05) is 19.6 Å². The van der Waals surface area contributed by atoms with Gasteiger partial charge in [-0.1, -0.05) is 26.2 Å². The topological polar surface area (TPSA) is 15.3 Å². The number of nitrogens with zero attached hydrogens (tertiary/aromatic N) is 1. The molecular weight excluding hydrogens is 196 g/mol. The van der Waals surface area contributed by atoms with Gasteiger partial charge in [-0.2, -0.15) is 0 Å². The summed E-state index contributed by atoms with van der Waals surface area (Å²) in [7, 11) is 0. The molecule has 2 nitrogen and oxygen atoms in total. The van der Waals surface area contributed by atoms with Gasteiger partial charge in [-0.15, -0.1) is 0 Å². The molecule has 2 rings (SSSR count). The standard InChI is InChI=1S/C14H28N2/c1-2-3-7-13-12-14(8-9-15-13)16-10-5-4-6-11-16/h13-15H,2-12H2,1H3. The number of rotatable bonds is 4. The maximum absolute atomic E-state index is 3.70. The zero-order chi connectivity index (χ0) is 11.2. The first-order chi connectivity index (χ1) is 7.90. The van der Waals surface area contributed by atoms with E-state index in [1.165, 1.54) is 71.0 Å². The second kappa shape index (κ2) is 6.61. The van der Waals surface area contributed by atoms with Crippen molar-refractivity contribution in [3.63, 3.8) is 0 Å². The van der Waals surface area contributed by atoms with Crippen LogP contribution in [0.2, 0.25) is 0 Å². The van der Waals surface area contributed by atoms with Gasteiger partial charge in [0.25, 0.3) is 0 Å². The van der Waals surface area contributed by atoms with Crippen LogP contribution < -0.4 is 5.32 Å². The predicted molar refractivity (Wildman–Crippen MR) is 69.8 cm³/mol.